The van der Waals surface area contributed by atoms with Crippen molar-refractivity contribution in [3.05, 3.63) is 64.4 Å². The molecule has 0 unspecified atom stereocenters. The number of H-pyrrole nitrogens is 1. The fraction of sp³-hybridized carbons (Fsp3) is 0.273. The Balaban J connectivity index is 1.73. The number of carboxylic acids is 1. The lowest BCUT2D eigenvalue weighted by atomic mass is 10.0. The van der Waals surface area contributed by atoms with Crippen molar-refractivity contribution < 1.29 is 19.3 Å². The van der Waals surface area contributed by atoms with Crippen molar-refractivity contribution in [3.8, 4) is 17.0 Å². The zero-order valence-electron chi connectivity index (χ0n) is 17.0. The largest absolute Gasteiger partial charge is 0.482 e. The standard InChI is InChI=1S/C22H22N4O4S/c1-2-3-12-31-22-24-21(29)19-16-6-4-5-7-17(16)23-20(26(19)25-22)14-8-10-15(11-9-14)30-13-18(27)28/h4-11,20H,2-3,12-13H2,1H3,(H2,24,25,27,28,29)/p+1/t20-/m1/s1. The summed E-state index contributed by atoms with van der Waals surface area (Å²) in [5.41, 5.74) is 2.81. The van der Waals surface area contributed by atoms with Gasteiger partial charge in [-0.1, -0.05) is 37.2 Å². The molecule has 1 aliphatic heterocycles. The van der Waals surface area contributed by atoms with Crippen molar-refractivity contribution in [2.45, 2.75) is 31.1 Å². The Labute approximate surface area is 183 Å². The quantitative estimate of drug-likeness (QED) is 0.281. The van der Waals surface area contributed by atoms with Gasteiger partial charge in [0.1, 0.15) is 5.75 Å². The van der Waals surface area contributed by atoms with Gasteiger partial charge in [-0.25, -0.2) is 4.79 Å². The summed E-state index contributed by atoms with van der Waals surface area (Å²) in [6, 6.07) is 14.7. The summed E-state index contributed by atoms with van der Waals surface area (Å²) in [7, 11) is 0. The van der Waals surface area contributed by atoms with Crippen LogP contribution in [-0.2, 0) is 4.79 Å². The summed E-state index contributed by atoms with van der Waals surface area (Å²) in [5, 5.41) is 17.6. The lowest BCUT2D eigenvalue weighted by Crippen LogP contribution is -2.55. The normalized spacial score (nSPS) is 14.3. The maximum atomic E-state index is 13.0. The average Bonchev–Trinajstić information content (AvgIpc) is 2.77. The number of rotatable bonds is 8. The van der Waals surface area contributed by atoms with E-state index in [9.17, 15) is 9.59 Å². The minimum Gasteiger partial charge on any atom is -0.482 e. The number of aromatic nitrogens is 3. The van der Waals surface area contributed by atoms with Gasteiger partial charge in [0.05, 0.1) is 11.3 Å². The Morgan fingerprint density at radius 3 is 2.74 bits per heavy atom. The van der Waals surface area contributed by atoms with E-state index < -0.39 is 18.7 Å². The first-order valence-electron chi connectivity index (χ1n) is 10.1. The van der Waals surface area contributed by atoms with Crippen LogP contribution in [0.15, 0.2) is 58.5 Å². The number of thioether (sulfide) groups is 1. The molecule has 0 fully saturated rings. The molecular formula is C22H23N4O4S+. The fourth-order valence-electron chi connectivity index (χ4n) is 3.38. The highest BCUT2D eigenvalue weighted by atomic mass is 32.2. The van der Waals surface area contributed by atoms with Crippen LogP contribution < -0.4 is 20.3 Å². The van der Waals surface area contributed by atoms with Gasteiger partial charge in [-0.3, -0.25) is 9.78 Å². The van der Waals surface area contributed by atoms with Crippen LogP contribution in [0.4, 0.5) is 5.69 Å². The molecule has 160 valence electrons. The van der Waals surface area contributed by atoms with E-state index in [1.54, 1.807) is 16.8 Å². The monoisotopic (exact) mass is 439 g/mol. The molecule has 8 nitrogen and oxygen atoms in total. The molecule has 0 radical (unpaired) electrons. The Morgan fingerprint density at radius 1 is 1.23 bits per heavy atom. The first kappa shape index (κ1) is 20.9. The molecule has 1 aliphatic rings. The van der Waals surface area contributed by atoms with E-state index in [4.69, 9.17) is 14.9 Å². The van der Waals surface area contributed by atoms with Crippen molar-refractivity contribution in [3.63, 3.8) is 0 Å². The molecule has 2 aromatic carbocycles. The maximum absolute atomic E-state index is 13.0. The minimum absolute atomic E-state index is 0.186. The van der Waals surface area contributed by atoms with Crippen molar-refractivity contribution in [2.24, 2.45) is 0 Å². The second kappa shape index (κ2) is 9.22. The molecule has 0 bridgehead atoms. The Hall–Kier alpha value is -3.33. The zero-order valence-corrected chi connectivity index (χ0v) is 17.8. The van der Waals surface area contributed by atoms with Crippen molar-refractivity contribution in [2.75, 3.05) is 17.7 Å². The van der Waals surface area contributed by atoms with Crippen LogP contribution >= 0.6 is 11.8 Å². The first-order chi connectivity index (χ1) is 15.1. The van der Waals surface area contributed by atoms with E-state index in [0.717, 1.165) is 35.4 Å². The topological polar surface area (TPSA) is 108 Å². The molecule has 0 saturated heterocycles. The number of anilines is 1. The smallest absolute Gasteiger partial charge is 0.341 e. The van der Waals surface area contributed by atoms with Gasteiger partial charge in [0.15, 0.2) is 6.61 Å². The lowest BCUT2D eigenvalue weighted by molar-refractivity contribution is -0.759. The molecule has 4 rings (SSSR count). The van der Waals surface area contributed by atoms with Crippen LogP contribution in [0, 0.1) is 0 Å². The highest BCUT2D eigenvalue weighted by molar-refractivity contribution is 7.99. The predicted molar refractivity (Wildman–Crippen MR) is 117 cm³/mol. The zero-order chi connectivity index (χ0) is 21.8. The van der Waals surface area contributed by atoms with Crippen molar-refractivity contribution >= 4 is 23.4 Å². The number of hydrogen-bond donors (Lipinski definition) is 3. The molecule has 9 heteroatoms. The molecular weight excluding hydrogens is 416 g/mol. The van der Waals surface area contributed by atoms with Crippen molar-refractivity contribution in [1.29, 1.82) is 0 Å². The minimum atomic E-state index is -1.03. The summed E-state index contributed by atoms with van der Waals surface area (Å²) >= 11 is 1.53. The summed E-state index contributed by atoms with van der Waals surface area (Å²) in [5.74, 6) is 0.307. The van der Waals surface area contributed by atoms with E-state index in [1.165, 1.54) is 11.8 Å². The van der Waals surface area contributed by atoms with Crippen LogP contribution in [0.25, 0.3) is 11.3 Å². The molecule has 0 saturated carbocycles. The summed E-state index contributed by atoms with van der Waals surface area (Å²) in [4.78, 5) is 26.7. The third-order valence-corrected chi connectivity index (χ3v) is 5.83. The summed E-state index contributed by atoms with van der Waals surface area (Å²) in [6.07, 6.45) is 1.72. The number of hydrogen-bond acceptors (Lipinski definition) is 6. The van der Waals surface area contributed by atoms with E-state index in [1.807, 2.05) is 36.4 Å². The van der Waals surface area contributed by atoms with Crippen LogP contribution in [0.5, 0.6) is 5.75 Å². The molecule has 1 atom stereocenters. The number of ether oxygens (including phenoxy) is 1. The van der Waals surface area contributed by atoms with Crippen LogP contribution in [0.3, 0.4) is 0 Å². The number of para-hydroxylation sites is 1. The van der Waals surface area contributed by atoms with Gasteiger partial charge in [-0.15, -0.1) is 0 Å². The summed E-state index contributed by atoms with van der Waals surface area (Å²) in [6.45, 7) is 1.72. The van der Waals surface area contributed by atoms with Gasteiger partial charge in [-0.05, 0) is 47.5 Å². The van der Waals surface area contributed by atoms with E-state index in [2.05, 4.69) is 17.2 Å². The van der Waals surface area contributed by atoms with Gasteiger partial charge in [0.25, 0.3) is 6.17 Å². The molecule has 0 aliphatic carbocycles. The Morgan fingerprint density at radius 2 is 2.00 bits per heavy atom. The van der Waals surface area contributed by atoms with Gasteiger partial charge in [0, 0.05) is 16.4 Å². The number of unbranched alkanes of at least 4 members (excludes halogenated alkanes) is 1. The Kier molecular flexibility index (Phi) is 6.22. The second-order valence-corrected chi connectivity index (χ2v) is 8.18. The molecule has 3 N–H and O–H groups in total. The number of benzene rings is 2. The van der Waals surface area contributed by atoms with E-state index in [-0.39, 0.29) is 5.56 Å². The maximum Gasteiger partial charge on any atom is 0.341 e. The second-order valence-electron chi connectivity index (χ2n) is 7.10. The number of nitrogens with zero attached hydrogens (tertiary/aromatic N) is 2. The molecule has 3 aromatic rings. The van der Waals surface area contributed by atoms with Gasteiger partial charge < -0.3 is 15.2 Å². The number of aliphatic carboxylic acids is 1. The lowest BCUT2D eigenvalue weighted by Gasteiger charge is -2.22. The number of carbonyl (C=O) groups is 1. The van der Waals surface area contributed by atoms with Crippen LogP contribution in [0.1, 0.15) is 31.5 Å². The fourth-order valence-corrected chi connectivity index (χ4v) is 4.32. The Bertz CT molecular complexity index is 1150. The summed E-state index contributed by atoms with van der Waals surface area (Å²) < 4.78 is 6.95. The first-order valence-corrected chi connectivity index (χ1v) is 11.0. The van der Waals surface area contributed by atoms with Crippen LogP contribution in [-0.4, -0.2) is 33.5 Å². The molecule has 2 heterocycles. The molecule has 0 spiro atoms. The van der Waals surface area contributed by atoms with E-state index >= 15 is 0 Å². The molecule has 0 amide bonds. The van der Waals surface area contributed by atoms with Gasteiger partial charge in [0.2, 0.25) is 5.16 Å². The average molecular weight is 440 g/mol. The van der Waals surface area contributed by atoms with Gasteiger partial charge in [-0.2, -0.15) is 0 Å². The molecule has 31 heavy (non-hydrogen) atoms. The number of carboxylic acid groups (broad SMARTS) is 1. The SMILES string of the molecule is CCCCSc1n[n+]2c(c(=O)[nH]1)-c1ccccc1N[C@H]2c1ccc(OCC(=O)O)cc1. The highest BCUT2D eigenvalue weighted by Gasteiger charge is 2.37. The van der Waals surface area contributed by atoms with Crippen molar-refractivity contribution in [1.82, 2.24) is 10.1 Å². The number of aromatic amines is 1. The third kappa shape index (κ3) is 4.56. The van der Waals surface area contributed by atoms with E-state index in [0.29, 0.717) is 16.6 Å². The molecule has 1 aromatic heterocycles. The van der Waals surface area contributed by atoms with Gasteiger partial charge >= 0.3 is 17.2 Å². The predicted octanol–water partition coefficient (Wildman–Crippen LogP) is 3.05. The highest BCUT2D eigenvalue weighted by Crippen LogP contribution is 2.32. The third-order valence-electron chi connectivity index (χ3n) is 4.88. The van der Waals surface area contributed by atoms with Crippen LogP contribution in [0.2, 0.25) is 0 Å². The number of nitrogens with one attached hydrogen (secondary N) is 2. The number of fused-ring (bicyclic) bond motifs is 3.